The second-order valence-corrected chi connectivity index (χ2v) is 7.11. The van der Waals surface area contributed by atoms with Gasteiger partial charge >= 0.3 is 0 Å². The van der Waals surface area contributed by atoms with Crippen molar-refractivity contribution in [2.75, 3.05) is 0 Å². The van der Waals surface area contributed by atoms with Crippen molar-refractivity contribution in [3.63, 3.8) is 0 Å². The van der Waals surface area contributed by atoms with E-state index in [1.165, 1.54) is 36.8 Å². The maximum atomic E-state index is 2.53. The summed E-state index contributed by atoms with van der Waals surface area (Å²) in [6.45, 7) is 16.2. The summed E-state index contributed by atoms with van der Waals surface area (Å²) in [6, 6.07) is 0. The van der Waals surface area contributed by atoms with Crippen LogP contribution in [0, 0.1) is 17.8 Å². The monoisotopic (exact) mass is 274 g/mol. The first kappa shape index (κ1) is 17.3. The van der Waals surface area contributed by atoms with Crippen LogP contribution in [0.1, 0.15) is 74.1 Å². The zero-order chi connectivity index (χ0) is 15.3. The van der Waals surface area contributed by atoms with Crippen molar-refractivity contribution >= 4 is 0 Å². The fraction of sp³-hybridized carbons (Fsp3) is 0.700. The molecule has 0 bridgehead atoms. The second-order valence-electron chi connectivity index (χ2n) is 7.11. The van der Waals surface area contributed by atoms with E-state index < -0.39 is 0 Å². The Morgan fingerprint density at radius 3 is 2.40 bits per heavy atom. The molecule has 0 heterocycles. The van der Waals surface area contributed by atoms with Gasteiger partial charge in [0.25, 0.3) is 0 Å². The highest BCUT2D eigenvalue weighted by Crippen LogP contribution is 2.39. The summed E-state index contributed by atoms with van der Waals surface area (Å²) in [7, 11) is 0. The summed E-state index contributed by atoms with van der Waals surface area (Å²) in [5, 5.41) is 0. The van der Waals surface area contributed by atoms with Crippen molar-refractivity contribution in [2.24, 2.45) is 17.8 Å². The van der Waals surface area contributed by atoms with E-state index in [-0.39, 0.29) is 0 Å². The molecule has 1 aliphatic rings. The van der Waals surface area contributed by atoms with Gasteiger partial charge in [0.15, 0.2) is 0 Å². The van der Waals surface area contributed by atoms with Gasteiger partial charge in [0.05, 0.1) is 0 Å². The predicted octanol–water partition coefficient (Wildman–Crippen LogP) is 6.70. The molecule has 0 aliphatic heterocycles. The lowest BCUT2D eigenvalue weighted by Gasteiger charge is -2.32. The Labute approximate surface area is 127 Å². The Bertz CT molecular complexity index is 400. The third kappa shape index (κ3) is 4.65. The van der Waals surface area contributed by atoms with Crippen LogP contribution in [0.3, 0.4) is 0 Å². The summed E-state index contributed by atoms with van der Waals surface area (Å²) in [5.74, 6) is 2.16. The van der Waals surface area contributed by atoms with Crippen LogP contribution in [0.25, 0.3) is 0 Å². The fourth-order valence-electron chi connectivity index (χ4n) is 3.46. The lowest BCUT2D eigenvalue weighted by Crippen LogP contribution is -2.19. The Hall–Kier alpha value is -0.780. The minimum atomic E-state index is 0.686. The maximum Gasteiger partial charge on any atom is -0.00967 e. The molecular weight excluding hydrogens is 240 g/mol. The van der Waals surface area contributed by atoms with Crippen LogP contribution < -0.4 is 0 Å². The minimum Gasteiger partial charge on any atom is -0.0819 e. The lowest BCUT2D eigenvalue weighted by atomic mass is 9.73. The molecule has 2 atom stereocenters. The van der Waals surface area contributed by atoms with Crippen LogP contribution in [-0.4, -0.2) is 0 Å². The van der Waals surface area contributed by atoms with Gasteiger partial charge in [-0.15, -0.1) is 0 Å². The summed E-state index contributed by atoms with van der Waals surface area (Å²) in [5.41, 5.74) is 6.31. The number of hydrogen-bond acceptors (Lipinski definition) is 0. The van der Waals surface area contributed by atoms with Gasteiger partial charge in [-0.25, -0.2) is 0 Å². The van der Waals surface area contributed by atoms with Gasteiger partial charge in [0.1, 0.15) is 0 Å². The van der Waals surface area contributed by atoms with Gasteiger partial charge < -0.3 is 0 Å². The highest BCUT2D eigenvalue weighted by atomic mass is 14.3. The molecule has 2 unspecified atom stereocenters. The van der Waals surface area contributed by atoms with Gasteiger partial charge in [-0.05, 0) is 69.8 Å². The second kappa shape index (κ2) is 7.86. The molecule has 1 aliphatic carbocycles. The third-order valence-corrected chi connectivity index (χ3v) is 4.59. The van der Waals surface area contributed by atoms with Crippen LogP contribution in [-0.2, 0) is 0 Å². The predicted molar refractivity (Wildman–Crippen MR) is 91.8 cm³/mol. The summed E-state index contributed by atoms with van der Waals surface area (Å²) in [6.07, 6.45) is 10.0. The van der Waals surface area contributed by atoms with Crippen molar-refractivity contribution < 1.29 is 0 Å². The molecule has 114 valence electrons. The molecule has 0 aromatic heterocycles. The molecule has 1 rings (SSSR count). The molecule has 0 fully saturated rings. The maximum absolute atomic E-state index is 2.53. The summed E-state index contributed by atoms with van der Waals surface area (Å²) >= 11 is 0. The van der Waals surface area contributed by atoms with Crippen molar-refractivity contribution in [1.82, 2.24) is 0 Å². The van der Waals surface area contributed by atoms with Gasteiger partial charge in [-0.3, -0.25) is 0 Å². The zero-order valence-electron chi connectivity index (χ0n) is 14.7. The molecule has 0 N–H and O–H groups in total. The van der Waals surface area contributed by atoms with E-state index >= 15 is 0 Å². The molecule has 0 heteroatoms. The molecule has 0 spiro atoms. The average Bonchev–Trinajstić information content (AvgIpc) is 2.38. The Morgan fingerprint density at radius 2 is 1.95 bits per heavy atom. The highest BCUT2D eigenvalue weighted by Gasteiger charge is 2.25. The van der Waals surface area contributed by atoms with E-state index in [0.29, 0.717) is 5.92 Å². The number of allylic oxidation sites excluding steroid dienone is 6. The molecule has 0 saturated carbocycles. The van der Waals surface area contributed by atoms with Crippen LogP contribution in [0.4, 0.5) is 0 Å². The van der Waals surface area contributed by atoms with Gasteiger partial charge in [0, 0.05) is 0 Å². The molecule has 0 nitrogen and oxygen atoms in total. The molecule has 20 heavy (non-hydrogen) atoms. The van der Waals surface area contributed by atoms with Crippen LogP contribution in [0.5, 0.6) is 0 Å². The first-order chi connectivity index (χ1) is 9.36. The topological polar surface area (TPSA) is 0 Å². The normalized spacial score (nSPS) is 23.8. The van der Waals surface area contributed by atoms with Gasteiger partial charge in [-0.2, -0.15) is 0 Å². The quantitative estimate of drug-likeness (QED) is 0.386. The van der Waals surface area contributed by atoms with E-state index in [9.17, 15) is 0 Å². The van der Waals surface area contributed by atoms with Crippen LogP contribution in [0.15, 0.2) is 34.4 Å². The zero-order valence-corrected chi connectivity index (χ0v) is 14.7. The van der Waals surface area contributed by atoms with Crippen LogP contribution >= 0.6 is 0 Å². The van der Waals surface area contributed by atoms with Crippen molar-refractivity contribution in [2.45, 2.75) is 74.1 Å². The van der Waals surface area contributed by atoms with E-state index in [2.05, 4.69) is 60.6 Å². The van der Waals surface area contributed by atoms with Crippen molar-refractivity contribution in [3.05, 3.63) is 34.4 Å². The van der Waals surface area contributed by atoms with E-state index in [1.807, 2.05) is 0 Å². The first-order valence-electron chi connectivity index (χ1n) is 8.40. The molecule has 0 aromatic carbocycles. The SMILES string of the molecule is CCC1=CC(C)C(C(C(C)=CCC(C)C)=C(C)C)CC1. The Morgan fingerprint density at radius 1 is 1.30 bits per heavy atom. The standard InChI is InChI=1S/C20H34/c1-8-18-11-12-19(17(7)13-18)20(15(4)5)16(6)10-9-14(2)3/h10,13-14,17,19H,8-9,11-12H2,1-7H3. The van der Waals surface area contributed by atoms with E-state index in [0.717, 1.165) is 11.8 Å². The highest BCUT2D eigenvalue weighted by molar-refractivity contribution is 5.37. The number of hydrogen-bond donors (Lipinski definition) is 0. The van der Waals surface area contributed by atoms with Crippen molar-refractivity contribution in [3.8, 4) is 0 Å². The first-order valence-corrected chi connectivity index (χ1v) is 8.40. The van der Waals surface area contributed by atoms with Crippen molar-refractivity contribution in [1.29, 1.82) is 0 Å². The van der Waals surface area contributed by atoms with Gasteiger partial charge in [0.2, 0.25) is 0 Å². The van der Waals surface area contributed by atoms with Crippen LogP contribution in [0.2, 0.25) is 0 Å². The van der Waals surface area contributed by atoms with E-state index in [1.54, 1.807) is 11.1 Å². The summed E-state index contributed by atoms with van der Waals surface area (Å²) in [4.78, 5) is 0. The van der Waals surface area contributed by atoms with E-state index in [4.69, 9.17) is 0 Å². The lowest BCUT2D eigenvalue weighted by molar-refractivity contribution is 0.423. The molecule has 0 amide bonds. The fourth-order valence-corrected chi connectivity index (χ4v) is 3.46. The third-order valence-electron chi connectivity index (χ3n) is 4.59. The molecule has 0 aromatic rings. The smallest absolute Gasteiger partial charge is 0.00967 e. The average molecular weight is 274 g/mol. The Kier molecular flexibility index (Phi) is 6.79. The number of rotatable bonds is 5. The minimum absolute atomic E-state index is 0.686. The summed E-state index contributed by atoms with van der Waals surface area (Å²) < 4.78 is 0. The Balaban J connectivity index is 2.97. The molecule has 0 saturated heterocycles. The largest absolute Gasteiger partial charge is 0.0819 e. The van der Waals surface area contributed by atoms with Gasteiger partial charge in [-0.1, -0.05) is 56.6 Å². The molecular formula is C20H34. The molecule has 0 radical (unpaired) electrons.